The second kappa shape index (κ2) is 4.24. The van der Waals surface area contributed by atoms with Crippen molar-refractivity contribution in [2.24, 2.45) is 0 Å². The Morgan fingerprint density at radius 3 is 2.75 bits per heavy atom. The fourth-order valence-electron chi connectivity index (χ4n) is 2.00. The molecule has 0 aromatic carbocycles. The van der Waals surface area contributed by atoms with Gasteiger partial charge in [0.1, 0.15) is 0 Å². The third-order valence-electron chi connectivity index (χ3n) is 2.83. The number of nitrogens with zero attached hydrogens (tertiary/aromatic N) is 1. The maximum atomic E-state index is 10.0. The van der Waals surface area contributed by atoms with Gasteiger partial charge < -0.3 is 10.0 Å². The molecule has 1 atom stereocenters. The number of rotatable bonds is 3. The Bertz CT molecular complexity index is 136. The summed E-state index contributed by atoms with van der Waals surface area (Å²) in [6, 6.07) is 0. The van der Waals surface area contributed by atoms with Gasteiger partial charge in [-0.15, -0.1) is 0 Å². The summed E-state index contributed by atoms with van der Waals surface area (Å²) in [5.74, 6) is 0. The summed E-state index contributed by atoms with van der Waals surface area (Å²) in [5.41, 5.74) is -0.382. The number of aliphatic hydroxyl groups is 1. The van der Waals surface area contributed by atoms with Crippen molar-refractivity contribution < 1.29 is 5.11 Å². The monoisotopic (exact) mass is 171 g/mol. The summed E-state index contributed by atoms with van der Waals surface area (Å²) in [5, 5.41) is 10.0. The van der Waals surface area contributed by atoms with E-state index in [4.69, 9.17) is 0 Å². The van der Waals surface area contributed by atoms with Crippen molar-refractivity contribution >= 4 is 0 Å². The Kier molecular flexibility index (Phi) is 3.53. The number of β-amino-alcohol motifs (C(OH)–C–C–N with tert-alkyl or cyclic N) is 1. The van der Waals surface area contributed by atoms with Gasteiger partial charge in [0.15, 0.2) is 0 Å². The predicted molar refractivity (Wildman–Crippen MR) is 51.2 cm³/mol. The van der Waals surface area contributed by atoms with Gasteiger partial charge in [-0.3, -0.25) is 0 Å². The zero-order chi connectivity index (χ0) is 9.03. The van der Waals surface area contributed by atoms with Crippen LogP contribution in [0, 0.1) is 0 Å². The van der Waals surface area contributed by atoms with Crippen molar-refractivity contribution in [3.05, 3.63) is 0 Å². The molecule has 0 amide bonds. The topological polar surface area (TPSA) is 23.5 Å². The van der Waals surface area contributed by atoms with Crippen molar-refractivity contribution in [3.63, 3.8) is 0 Å². The number of hydrogen-bond acceptors (Lipinski definition) is 2. The molecule has 0 spiro atoms. The summed E-state index contributed by atoms with van der Waals surface area (Å²) < 4.78 is 0. The molecule has 1 saturated heterocycles. The molecule has 0 aromatic heterocycles. The molecule has 1 heterocycles. The van der Waals surface area contributed by atoms with Gasteiger partial charge in [-0.2, -0.15) is 0 Å². The summed E-state index contributed by atoms with van der Waals surface area (Å²) in [6.07, 6.45) is 4.24. The van der Waals surface area contributed by atoms with Crippen molar-refractivity contribution in [2.75, 3.05) is 19.6 Å². The normalized spacial score (nSPS) is 32.2. The maximum absolute atomic E-state index is 10.0. The van der Waals surface area contributed by atoms with E-state index in [0.29, 0.717) is 0 Å². The summed E-state index contributed by atoms with van der Waals surface area (Å²) in [6.45, 7) is 7.48. The Hall–Kier alpha value is -0.0800. The molecule has 1 aliphatic heterocycles. The van der Waals surface area contributed by atoms with Gasteiger partial charge in [0.05, 0.1) is 5.60 Å². The number of hydrogen-bond donors (Lipinski definition) is 1. The minimum absolute atomic E-state index is 0.382. The van der Waals surface area contributed by atoms with Crippen LogP contribution in [0.15, 0.2) is 0 Å². The van der Waals surface area contributed by atoms with Crippen LogP contribution >= 0.6 is 0 Å². The second-order valence-corrected chi connectivity index (χ2v) is 3.96. The van der Waals surface area contributed by atoms with E-state index < -0.39 is 0 Å². The Morgan fingerprint density at radius 1 is 1.42 bits per heavy atom. The van der Waals surface area contributed by atoms with E-state index in [1.807, 2.05) is 0 Å². The molecule has 1 fully saturated rings. The second-order valence-electron chi connectivity index (χ2n) is 3.96. The Labute approximate surface area is 75.6 Å². The lowest BCUT2D eigenvalue weighted by molar-refractivity contribution is -0.0331. The predicted octanol–water partition coefficient (Wildman–Crippen LogP) is 1.63. The van der Waals surface area contributed by atoms with Crippen LogP contribution in [0.3, 0.4) is 0 Å². The lowest BCUT2D eigenvalue weighted by Gasteiger charge is -2.38. The Morgan fingerprint density at radius 2 is 2.17 bits per heavy atom. The fraction of sp³-hybridized carbons (Fsp3) is 1.00. The molecular weight excluding hydrogens is 150 g/mol. The molecule has 0 bridgehead atoms. The van der Waals surface area contributed by atoms with Gasteiger partial charge in [0.2, 0.25) is 0 Å². The van der Waals surface area contributed by atoms with E-state index in [0.717, 1.165) is 32.4 Å². The zero-order valence-corrected chi connectivity index (χ0v) is 8.34. The van der Waals surface area contributed by atoms with Crippen LogP contribution in [0.2, 0.25) is 0 Å². The van der Waals surface area contributed by atoms with E-state index in [1.54, 1.807) is 0 Å². The van der Waals surface area contributed by atoms with Crippen LogP contribution in [0.25, 0.3) is 0 Å². The highest BCUT2D eigenvalue weighted by Gasteiger charge is 2.30. The third-order valence-corrected chi connectivity index (χ3v) is 2.83. The molecular formula is C10H21NO. The minimum atomic E-state index is -0.382. The van der Waals surface area contributed by atoms with Gasteiger partial charge in [0.25, 0.3) is 0 Å². The molecule has 0 aliphatic carbocycles. The standard InChI is InChI=1S/C10H21NO/c1-3-7-11-8-5-6-10(12,4-2)9-11/h12H,3-9H2,1-2H3. The van der Waals surface area contributed by atoms with E-state index in [-0.39, 0.29) is 5.60 Å². The first-order valence-electron chi connectivity index (χ1n) is 5.15. The minimum Gasteiger partial charge on any atom is -0.389 e. The molecule has 1 rings (SSSR count). The smallest absolute Gasteiger partial charge is 0.0771 e. The van der Waals surface area contributed by atoms with E-state index in [2.05, 4.69) is 18.7 Å². The summed E-state index contributed by atoms with van der Waals surface area (Å²) >= 11 is 0. The lowest BCUT2D eigenvalue weighted by Crippen LogP contribution is -2.47. The Balaban J connectivity index is 2.39. The average Bonchev–Trinajstić information content (AvgIpc) is 2.05. The highest BCUT2D eigenvalue weighted by atomic mass is 16.3. The van der Waals surface area contributed by atoms with E-state index in [9.17, 15) is 5.11 Å². The molecule has 1 N–H and O–H groups in total. The molecule has 0 aromatic rings. The van der Waals surface area contributed by atoms with E-state index in [1.165, 1.54) is 13.0 Å². The highest BCUT2D eigenvalue weighted by molar-refractivity contribution is 4.85. The van der Waals surface area contributed by atoms with Gasteiger partial charge in [-0.05, 0) is 38.8 Å². The summed E-state index contributed by atoms with van der Waals surface area (Å²) in [7, 11) is 0. The third kappa shape index (κ3) is 2.46. The van der Waals surface area contributed by atoms with Crippen molar-refractivity contribution in [1.29, 1.82) is 0 Å². The molecule has 1 aliphatic rings. The number of likely N-dealkylation sites (tertiary alicyclic amines) is 1. The van der Waals surface area contributed by atoms with Gasteiger partial charge >= 0.3 is 0 Å². The molecule has 0 radical (unpaired) electrons. The first-order chi connectivity index (χ1) is 5.70. The maximum Gasteiger partial charge on any atom is 0.0771 e. The molecule has 2 heteroatoms. The van der Waals surface area contributed by atoms with Crippen molar-refractivity contribution in [3.8, 4) is 0 Å². The van der Waals surface area contributed by atoms with Crippen LogP contribution in [0.4, 0.5) is 0 Å². The van der Waals surface area contributed by atoms with Crippen molar-refractivity contribution in [1.82, 2.24) is 4.90 Å². The zero-order valence-electron chi connectivity index (χ0n) is 8.34. The summed E-state index contributed by atoms with van der Waals surface area (Å²) in [4.78, 5) is 2.38. The van der Waals surface area contributed by atoms with Crippen LogP contribution in [0.5, 0.6) is 0 Å². The van der Waals surface area contributed by atoms with Gasteiger partial charge in [-0.1, -0.05) is 13.8 Å². The van der Waals surface area contributed by atoms with Crippen LogP contribution in [-0.2, 0) is 0 Å². The largest absolute Gasteiger partial charge is 0.389 e. The molecule has 1 unspecified atom stereocenters. The molecule has 2 nitrogen and oxygen atoms in total. The van der Waals surface area contributed by atoms with Gasteiger partial charge in [0, 0.05) is 6.54 Å². The fourth-order valence-corrected chi connectivity index (χ4v) is 2.00. The van der Waals surface area contributed by atoms with Crippen LogP contribution in [-0.4, -0.2) is 35.2 Å². The molecule has 12 heavy (non-hydrogen) atoms. The number of piperidine rings is 1. The van der Waals surface area contributed by atoms with Crippen molar-refractivity contribution in [2.45, 2.75) is 45.1 Å². The van der Waals surface area contributed by atoms with Gasteiger partial charge in [-0.25, -0.2) is 0 Å². The highest BCUT2D eigenvalue weighted by Crippen LogP contribution is 2.23. The molecule has 0 saturated carbocycles. The SMILES string of the molecule is CCCN1CCCC(O)(CC)C1. The first kappa shape index (κ1) is 10.0. The van der Waals surface area contributed by atoms with E-state index >= 15 is 0 Å². The quantitative estimate of drug-likeness (QED) is 0.697. The van der Waals surface area contributed by atoms with Crippen LogP contribution in [0.1, 0.15) is 39.5 Å². The lowest BCUT2D eigenvalue weighted by atomic mass is 9.90. The molecule has 72 valence electrons. The van der Waals surface area contributed by atoms with Crippen LogP contribution < -0.4 is 0 Å². The first-order valence-corrected chi connectivity index (χ1v) is 5.15. The average molecular weight is 171 g/mol.